The molecule has 0 fully saturated rings. The highest BCUT2D eigenvalue weighted by Gasteiger charge is 2.14. The van der Waals surface area contributed by atoms with Gasteiger partial charge in [-0.15, -0.1) is 0 Å². The molecule has 2 aromatic carbocycles. The molecule has 0 aliphatic heterocycles. The Morgan fingerprint density at radius 3 is 2.18 bits per heavy atom. The number of hydrazone groups is 1. The smallest absolute Gasteiger partial charge is 0.267 e. The summed E-state index contributed by atoms with van der Waals surface area (Å²) in [4.78, 5) is 12.0. The van der Waals surface area contributed by atoms with Crippen LogP contribution in [0.15, 0.2) is 58.1 Å². The van der Waals surface area contributed by atoms with Crippen LogP contribution in [0.2, 0.25) is 0 Å². The van der Waals surface area contributed by atoms with E-state index in [1.54, 1.807) is 6.21 Å². The Labute approximate surface area is 139 Å². The topological polar surface area (TPSA) is 41.5 Å². The first-order valence-corrected chi connectivity index (χ1v) is 7.85. The minimum atomic E-state index is -0.214. The number of carbonyl (C=O) groups is 1. The molecular weight excluding hydrogens is 340 g/mol. The van der Waals surface area contributed by atoms with Gasteiger partial charge in [0.05, 0.1) is 6.21 Å². The van der Waals surface area contributed by atoms with E-state index >= 15 is 0 Å². The van der Waals surface area contributed by atoms with Gasteiger partial charge in [0.2, 0.25) is 0 Å². The number of nitrogens with one attached hydrogen (secondary N) is 1. The van der Waals surface area contributed by atoms with Crippen LogP contribution in [0.5, 0.6) is 0 Å². The third-order valence-corrected chi connectivity index (χ3v) is 3.79. The fourth-order valence-corrected chi connectivity index (χ4v) is 2.16. The van der Waals surface area contributed by atoms with Crippen LogP contribution < -0.4 is 5.43 Å². The summed E-state index contributed by atoms with van der Waals surface area (Å²) in [6, 6.07) is 15.3. The quantitative estimate of drug-likeness (QED) is 0.636. The summed E-state index contributed by atoms with van der Waals surface area (Å²) in [5.41, 5.74) is 5.33. The molecule has 0 spiro atoms. The number of rotatable bonds is 3. The summed E-state index contributed by atoms with van der Waals surface area (Å²) in [6.45, 7) is 6.43. The summed E-state index contributed by atoms with van der Waals surface area (Å²) >= 11 is 3.37. The maximum Gasteiger partial charge on any atom is 0.271 e. The van der Waals surface area contributed by atoms with Crippen molar-refractivity contribution >= 4 is 28.1 Å². The van der Waals surface area contributed by atoms with Gasteiger partial charge in [0.1, 0.15) is 0 Å². The third-order valence-electron chi connectivity index (χ3n) is 3.26. The van der Waals surface area contributed by atoms with E-state index in [1.807, 2.05) is 48.5 Å². The Morgan fingerprint density at radius 2 is 1.64 bits per heavy atom. The van der Waals surface area contributed by atoms with Crippen molar-refractivity contribution in [2.24, 2.45) is 5.10 Å². The lowest BCUT2D eigenvalue weighted by Crippen LogP contribution is -2.18. The molecule has 0 bridgehead atoms. The molecular formula is C18H19BrN2O. The van der Waals surface area contributed by atoms with Crippen LogP contribution in [0.3, 0.4) is 0 Å². The second-order valence-corrected chi connectivity index (χ2v) is 6.99. The predicted octanol–water partition coefficient (Wildman–Crippen LogP) is 4.51. The zero-order valence-electron chi connectivity index (χ0n) is 12.9. The lowest BCUT2D eigenvalue weighted by Gasteiger charge is -2.18. The average Bonchev–Trinajstić information content (AvgIpc) is 2.48. The van der Waals surface area contributed by atoms with E-state index in [1.165, 1.54) is 5.56 Å². The molecule has 0 radical (unpaired) electrons. The van der Waals surface area contributed by atoms with E-state index in [4.69, 9.17) is 0 Å². The molecule has 0 aliphatic carbocycles. The Hall–Kier alpha value is -1.94. The number of benzene rings is 2. The van der Waals surface area contributed by atoms with Gasteiger partial charge in [-0.05, 0) is 40.8 Å². The van der Waals surface area contributed by atoms with E-state index in [0.717, 1.165) is 10.0 Å². The Balaban J connectivity index is 1.99. The van der Waals surface area contributed by atoms with Crippen molar-refractivity contribution in [2.45, 2.75) is 26.2 Å². The maximum absolute atomic E-state index is 12.0. The summed E-state index contributed by atoms with van der Waals surface area (Å²) in [6.07, 6.45) is 1.62. The molecule has 22 heavy (non-hydrogen) atoms. The summed E-state index contributed by atoms with van der Waals surface area (Å²) < 4.78 is 1.01. The van der Waals surface area contributed by atoms with Gasteiger partial charge in [0.25, 0.3) is 5.91 Å². The molecule has 1 N–H and O–H groups in total. The van der Waals surface area contributed by atoms with Gasteiger partial charge < -0.3 is 0 Å². The highest BCUT2D eigenvalue weighted by atomic mass is 79.9. The highest BCUT2D eigenvalue weighted by Crippen LogP contribution is 2.22. The second kappa shape index (κ2) is 6.88. The minimum Gasteiger partial charge on any atom is -0.267 e. The lowest BCUT2D eigenvalue weighted by atomic mass is 9.87. The molecule has 2 aromatic rings. The van der Waals surface area contributed by atoms with Crippen molar-refractivity contribution in [3.63, 3.8) is 0 Å². The molecule has 2 rings (SSSR count). The van der Waals surface area contributed by atoms with Crippen molar-refractivity contribution in [1.29, 1.82) is 0 Å². The lowest BCUT2D eigenvalue weighted by molar-refractivity contribution is 0.0955. The number of amides is 1. The van der Waals surface area contributed by atoms with Gasteiger partial charge in [-0.25, -0.2) is 5.43 Å². The SMILES string of the molecule is CC(C)(C)c1ccc(C(=O)N/N=C\c2ccc(Br)cc2)cc1. The standard InChI is InChI=1S/C18H19BrN2O/c1-18(2,3)15-8-6-14(7-9-15)17(22)21-20-12-13-4-10-16(19)11-5-13/h4-12H,1-3H3,(H,21,22)/b20-12-. The number of hydrogen-bond acceptors (Lipinski definition) is 2. The number of hydrogen-bond donors (Lipinski definition) is 1. The van der Waals surface area contributed by atoms with Crippen molar-refractivity contribution in [2.75, 3.05) is 0 Å². The van der Waals surface area contributed by atoms with Gasteiger partial charge in [-0.1, -0.05) is 61.0 Å². The van der Waals surface area contributed by atoms with Crippen molar-refractivity contribution in [3.8, 4) is 0 Å². The number of halogens is 1. The molecule has 4 heteroatoms. The molecule has 0 unspecified atom stereocenters. The zero-order valence-corrected chi connectivity index (χ0v) is 14.5. The van der Waals surface area contributed by atoms with Crippen LogP contribution >= 0.6 is 15.9 Å². The molecule has 0 aliphatic rings. The van der Waals surface area contributed by atoms with Crippen LogP contribution in [0.4, 0.5) is 0 Å². The van der Waals surface area contributed by atoms with Gasteiger partial charge in [-0.2, -0.15) is 5.10 Å². The monoisotopic (exact) mass is 358 g/mol. The fourth-order valence-electron chi connectivity index (χ4n) is 1.90. The van der Waals surface area contributed by atoms with E-state index in [2.05, 4.69) is 47.2 Å². The first kappa shape index (κ1) is 16.4. The highest BCUT2D eigenvalue weighted by molar-refractivity contribution is 9.10. The largest absolute Gasteiger partial charge is 0.271 e. The molecule has 0 saturated carbocycles. The zero-order chi connectivity index (χ0) is 16.2. The number of nitrogens with zero attached hydrogens (tertiary/aromatic N) is 1. The van der Waals surface area contributed by atoms with Crippen LogP contribution in [-0.4, -0.2) is 12.1 Å². The van der Waals surface area contributed by atoms with E-state index in [-0.39, 0.29) is 11.3 Å². The second-order valence-electron chi connectivity index (χ2n) is 6.08. The van der Waals surface area contributed by atoms with Gasteiger partial charge >= 0.3 is 0 Å². The van der Waals surface area contributed by atoms with Crippen molar-refractivity contribution < 1.29 is 4.79 Å². The van der Waals surface area contributed by atoms with E-state index in [0.29, 0.717) is 5.56 Å². The Morgan fingerprint density at radius 1 is 1.05 bits per heavy atom. The molecule has 1 amide bonds. The van der Waals surface area contributed by atoms with Gasteiger partial charge in [0.15, 0.2) is 0 Å². The fraction of sp³-hybridized carbons (Fsp3) is 0.222. The molecule has 0 aromatic heterocycles. The van der Waals surface area contributed by atoms with Crippen LogP contribution in [0.25, 0.3) is 0 Å². The maximum atomic E-state index is 12.0. The average molecular weight is 359 g/mol. The first-order chi connectivity index (χ1) is 10.4. The summed E-state index contributed by atoms with van der Waals surface area (Å²) in [5, 5.41) is 3.98. The van der Waals surface area contributed by atoms with Crippen LogP contribution in [0.1, 0.15) is 42.3 Å². The minimum absolute atomic E-state index is 0.0781. The van der Waals surface area contributed by atoms with Gasteiger partial charge in [0, 0.05) is 10.0 Å². The number of carbonyl (C=O) groups excluding carboxylic acids is 1. The summed E-state index contributed by atoms with van der Waals surface area (Å²) in [5.74, 6) is -0.214. The van der Waals surface area contributed by atoms with E-state index in [9.17, 15) is 4.79 Å². The van der Waals surface area contributed by atoms with Crippen LogP contribution in [-0.2, 0) is 5.41 Å². The summed E-state index contributed by atoms with van der Waals surface area (Å²) in [7, 11) is 0. The third kappa shape index (κ3) is 4.53. The molecule has 114 valence electrons. The van der Waals surface area contributed by atoms with E-state index < -0.39 is 0 Å². The molecule has 0 heterocycles. The van der Waals surface area contributed by atoms with Crippen molar-refractivity contribution in [3.05, 3.63) is 69.7 Å². The normalized spacial score (nSPS) is 11.6. The Kier molecular flexibility index (Phi) is 5.14. The van der Waals surface area contributed by atoms with Crippen LogP contribution in [0, 0.1) is 0 Å². The van der Waals surface area contributed by atoms with Gasteiger partial charge in [-0.3, -0.25) is 4.79 Å². The molecule has 0 atom stereocenters. The molecule has 0 saturated heterocycles. The molecule has 3 nitrogen and oxygen atoms in total. The first-order valence-electron chi connectivity index (χ1n) is 7.06. The van der Waals surface area contributed by atoms with Crippen molar-refractivity contribution in [1.82, 2.24) is 5.43 Å². The Bertz CT molecular complexity index is 668. The predicted molar refractivity (Wildman–Crippen MR) is 94.3 cm³/mol.